The van der Waals surface area contributed by atoms with Gasteiger partial charge in [0.1, 0.15) is 11.9 Å². The third-order valence-corrected chi connectivity index (χ3v) is 2.45. The number of hydrogen-bond donors (Lipinski definition) is 1. The highest BCUT2D eigenvalue weighted by molar-refractivity contribution is 6.36. The van der Waals surface area contributed by atoms with E-state index >= 15 is 0 Å². The van der Waals surface area contributed by atoms with Crippen molar-refractivity contribution in [3.63, 3.8) is 0 Å². The second-order valence-electron chi connectivity index (χ2n) is 2.79. The summed E-state index contributed by atoms with van der Waals surface area (Å²) in [6.45, 7) is -0.775. The van der Waals surface area contributed by atoms with Gasteiger partial charge in [-0.05, 0) is 12.1 Å². The van der Waals surface area contributed by atoms with E-state index in [0.717, 1.165) is 6.07 Å². The van der Waals surface area contributed by atoms with Crippen LogP contribution in [-0.4, -0.2) is 16.6 Å². The molecule has 0 saturated carbocycles. The number of rotatable bonds is 3. The van der Waals surface area contributed by atoms with Gasteiger partial charge in [-0.25, -0.2) is 4.39 Å². The number of benzene rings is 1. The molecular weight excluding hydrogens is 248 g/mol. The van der Waals surface area contributed by atoms with Crippen molar-refractivity contribution in [3.8, 4) is 0 Å². The molecule has 0 aromatic heterocycles. The van der Waals surface area contributed by atoms with Crippen molar-refractivity contribution in [1.82, 2.24) is 0 Å². The first kappa shape index (κ1) is 12.2. The lowest BCUT2D eigenvalue weighted by atomic mass is 10.1. The Morgan fingerprint density at radius 3 is 2.67 bits per heavy atom. The molecule has 1 atom stereocenters. The smallest absolute Gasteiger partial charge is 0.233 e. The lowest BCUT2D eigenvalue weighted by molar-refractivity contribution is -0.491. The number of nitro groups is 1. The second-order valence-corrected chi connectivity index (χ2v) is 3.57. The van der Waals surface area contributed by atoms with Crippen LogP contribution in [0.15, 0.2) is 12.1 Å². The first-order valence-corrected chi connectivity index (χ1v) is 4.62. The van der Waals surface area contributed by atoms with Gasteiger partial charge in [0, 0.05) is 15.5 Å². The molecule has 0 aliphatic carbocycles. The van der Waals surface area contributed by atoms with Crippen LogP contribution in [0.25, 0.3) is 0 Å². The molecule has 1 aromatic carbocycles. The molecule has 0 saturated heterocycles. The van der Waals surface area contributed by atoms with Gasteiger partial charge in [0.2, 0.25) is 6.54 Å². The topological polar surface area (TPSA) is 63.4 Å². The van der Waals surface area contributed by atoms with Crippen LogP contribution in [0.5, 0.6) is 0 Å². The molecule has 0 aliphatic rings. The molecule has 7 heteroatoms. The molecule has 0 unspecified atom stereocenters. The molecule has 0 heterocycles. The Balaban J connectivity index is 3.12. The van der Waals surface area contributed by atoms with Gasteiger partial charge in [-0.1, -0.05) is 23.2 Å². The average molecular weight is 254 g/mol. The Hall–Kier alpha value is -0.910. The molecule has 4 nitrogen and oxygen atoms in total. The van der Waals surface area contributed by atoms with Crippen LogP contribution in [0.1, 0.15) is 11.7 Å². The molecule has 0 bridgehead atoms. The standard InChI is InChI=1S/C8H6Cl2FNO3/c9-4-1-2-5(11)8(10)7(4)6(13)3-12(14)15/h1-2,6,13H,3H2/t6-/m0/s1. The van der Waals surface area contributed by atoms with Gasteiger partial charge < -0.3 is 5.11 Å². The third-order valence-electron chi connectivity index (χ3n) is 1.73. The number of aliphatic hydroxyl groups is 1. The zero-order chi connectivity index (χ0) is 11.6. The van der Waals surface area contributed by atoms with Crippen molar-refractivity contribution in [3.05, 3.63) is 43.7 Å². The summed E-state index contributed by atoms with van der Waals surface area (Å²) in [7, 11) is 0. The van der Waals surface area contributed by atoms with Crippen molar-refractivity contribution in [2.75, 3.05) is 6.54 Å². The summed E-state index contributed by atoms with van der Waals surface area (Å²) in [5.41, 5.74) is -0.157. The third kappa shape index (κ3) is 2.77. The Labute approximate surface area is 94.4 Å². The van der Waals surface area contributed by atoms with Gasteiger partial charge in [-0.3, -0.25) is 10.1 Å². The Morgan fingerprint density at radius 1 is 1.53 bits per heavy atom. The largest absolute Gasteiger partial charge is 0.381 e. The van der Waals surface area contributed by atoms with Crippen LogP contribution in [0.2, 0.25) is 10.0 Å². The molecule has 1 N–H and O–H groups in total. The van der Waals surface area contributed by atoms with Crippen LogP contribution in [0, 0.1) is 15.9 Å². The zero-order valence-corrected chi connectivity index (χ0v) is 8.80. The highest BCUT2D eigenvalue weighted by atomic mass is 35.5. The first-order valence-electron chi connectivity index (χ1n) is 3.86. The normalized spacial score (nSPS) is 12.5. The Kier molecular flexibility index (Phi) is 3.84. The predicted molar refractivity (Wildman–Crippen MR) is 53.2 cm³/mol. The van der Waals surface area contributed by atoms with Crippen LogP contribution in [-0.2, 0) is 0 Å². The highest BCUT2D eigenvalue weighted by Crippen LogP contribution is 2.32. The summed E-state index contributed by atoms with van der Waals surface area (Å²) < 4.78 is 13.0. The van der Waals surface area contributed by atoms with Gasteiger partial charge in [-0.2, -0.15) is 0 Å². The maximum absolute atomic E-state index is 13.0. The molecule has 0 fully saturated rings. The summed E-state index contributed by atoms with van der Waals surface area (Å²) in [6, 6.07) is 2.20. The number of aliphatic hydroxyl groups excluding tert-OH is 1. The van der Waals surface area contributed by atoms with E-state index in [1.807, 2.05) is 0 Å². The fourth-order valence-corrected chi connectivity index (χ4v) is 1.70. The number of hydrogen-bond acceptors (Lipinski definition) is 3. The van der Waals surface area contributed by atoms with Crippen LogP contribution < -0.4 is 0 Å². The van der Waals surface area contributed by atoms with Crippen LogP contribution in [0.3, 0.4) is 0 Å². The average Bonchev–Trinajstić information content (AvgIpc) is 2.11. The van der Waals surface area contributed by atoms with E-state index in [-0.39, 0.29) is 10.6 Å². The monoisotopic (exact) mass is 253 g/mol. The summed E-state index contributed by atoms with van der Waals surface area (Å²) in [5.74, 6) is -0.779. The molecule has 82 valence electrons. The second kappa shape index (κ2) is 4.74. The predicted octanol–water partition coefficient (Wildman–Crippen LogP) is 2.44. The first-order chi connectivity index (χ1) is 6.93. The Bertz CT molecular complexity index is 400. The van der Waals surface area contributed by atoms with Crippen molar-refractivity contribution < 1.29 is 14.4 Å². The summed E-state index contributed by atoms with van der Waals surface area (Å²) >= 11 is 11.2. The maximum atomic E-state index is 13.0. The minimum absolute atomic E-state index is 0.00394. The maximum Gasteiger partial charge on any atom is 0.233 e. The van der Waals surface area contributed by atoms with E-state index in [0.29, 0.717) is 0 Å². The fourth-order valence-electron chi connectivity index (χ4n) is 1.08. The van der Waals surface area contributed by atoms with Gasteiger partial charge >= 0.3 is 0 Å². The number of halogens is 3. The minimum atomic E-state index is -1.52. The molecule has 0 aliphatic heterocycles. The van der Waals surface area contributed by atoms with E-state index in [2.05, 4.69) is 0 Å². The van der Waals surface area contributed by atoms with E-state index in [9.17, 15) is 19.6 Å². The molecule has 0 radical (unpaired) electrons. The highest BCUT2D eigenvalue weighted by Gasteiger charge is 2.22. The molecule has 0 amide bonds. The SMILES string of the molecule is O=[N+]([O-])C[C@H](O)c1c(Cl)ccc(F)c1Cl. The molecule has 0 spiro atoms. The van der Waals surface area contributed by atoms with E-state index < -0.39 is 28.4 Å². The quantitative estimate of drug-likeness (QED) is 0.511. The van der Waals surface area contributed by atoms with Crippen molar-refractivity contribution in [2.45, 2.75) is 6.10 Å². The van der Waals surface area contributed by atoms with Crippen LogP contribution in [0.4, 0.5) is 4.39 Å². The summed E-state index contributed by atoms with van der Waals surface area (Å²) in [4.78, 5) is 9.42. The lowest BCUT2D eigenvalue weighted by Crippen LogP contribution is -2.13. The van der Waals surface area contributed by atoms with Crippen LogP contribution >= 0.6 is 23.2 Å². The molecule has 15 heavy (non-hydrogen) atoms. The molecule has 1 rings (SSSR count). The van der Waals surface area contributed by atoms with Crippen molar-refractivity contribution in [1.29, 1.82) is 0 Å². The van der Waals surface area contributed by atoms with E-state index in [1.54, 1.807) is 0 Å². The van der Waals surface area contributed by atoms with E-state index in [1.165, 1.54) is 6.07 Å². The van der Waals surface area contributed by atoms with Gasteiger partial charge in [0.25, 0.3) is 0 Å². The fraction of sp³-hybridized carbons (Fsp3) is 0.250. The zero-order valence-electron chi connectivity index (χ0n) is 7.28. The summed E-state index contributed by atoms with van der Waals surface area (Å²) in [6.07, 6.45) is -1.52. The van der Waals surface area contributed by atoms with Gasteiger partial charge in [0.15, 0.2) is 0 Å². The van der Waals surface area contributed by atoms with E-state index in [4.69, 9.17) is 23.2 Å². The molecule has 1 aromatic rings. The van der Waals surface area contributed by atoms with Crippen molar-refractivity contribution >= 4 is 23.2 Å². The summed E-state index contributed by atoms with van der Waals surface area (Å²) in [5, 5.41) is 19.2. The minimum Gasteiger partial charge on any atom is -0.381 e. The van der Waals surface area contributed by atoms with Gasteiger partial charge in [-0.15, -0.1) is 0 Å². The van der Waals surface area contributed by atoms with Crippen molar-refractivity contribution in [2.24, 2.45) is 0 Å². The molecular formula is C8H6Cl2FNO3. The Morgan fingerprint density at radius 2 is 2.13 bits per heavy atom. The lowest BCUT2D eigenvalue weighted by Gasteiger charge is -2.10. The van der Waals surface area contributed by atoms with Gasteiger partial charge in [0.05, 0.1) is 5.02 Å². The number of nitrogens with zero attached hydrogens (tertiary/aromatic N) is 1.